The Balaban J connectivity index is 4.15. The summed E-state index contributed by atoms with van der Waals surface area (Å²) in [7, 11) is -8.03. The van der Waals surface area contributed by atoms with E-state index in [1.165, 1.54) is 6.92 Å². The summed E-state index contributed by atoms with van der Waals surface area (Å²) >= 11 is 0. The van der Waals surface area contributed by atoms with Gasteiger partial charge < -0.3 is 4.74 Å². The fourth-order valence-electron chi connectivity index (χ4n) is 1.13. The van der Waals surface area contributed by atoms with Gasteiger partial charge in [-0.2, -0.15) is 16.8 Å². The minimum absolute atomic E-state index is 0.00231. The van der Waals surface area contributed by atoms with E-state index in [0.29, 0.717) is 0 Å². The molecule has 8 nitrogen and oxygen atoms in total. The molecule has 0 aliphatic heterocycles. The summed E-state index contributed by atoms with van der Waals surface area (Å²) in [6.07, 6.45) is -1.26. The van der Waals surface area contributed by atoms with E-state index < -0.39 is 43.8 Å². The van der Waals surface area contributed by atoms with Gasteiger partial charge in [-0.3, -0.25) is 8.74 Å². The van der Waals surface area contributed by atoms with Gasteiger partial charge in [-0.1, -0.05) is 0 Å². The number of carbonyl (C=O) groups is 1. The summed E-state index contributed by atoms with van der Waals surface area (Å²) in [5.41, 5.74) is 0. The first-order valence-corrected chi connectivity index (χ1v) is 8.79. The molecule has 1 atom stereocenters. The number of hydrogen-bond donors (Lipinski definition) is 1. The molecule has 0 saturated carbocycles. The normalized spacial score (nSPS) is 14.1. The van der Waals surface area contributed by atoms with E-state index in [1.54, 1.807) is 6.92 Å². The lowest BCUT2D eigenvalue weighted by Gasteiger charge is -2.11. The largest absolute Gasteiger partial charge is 0.464 e. The quantitative estimate of drug-likeness (QED) is 0.271. The molecule has 10 heteroatoms. The highest BCUT2D eigenvalue weighted by Crippen LogP contribution is 2.06. The number of rotatable bonds is 9. The second kappa shape index (κ2) is 7.78. The van der Waals surface area contributed by atoms with Crippen LogP contribution in [0.5, 0.6) is 0 Å². The molecule has 0 radical (unpaired) electrons. The lowest BCUT2D eigenvalue weighted by atomic mass is 10.4. The molecule has 1 N–H and O–H groups in total. The van der Waals surface area contributed by atoms with Crippen molar-refractivity contribution in [1.82, 2.24) is 0 Å². The van der Waals surface area contributed by atoms with Crippen LogP contribution in [-0.4, -0.2) is 51.6 Å². The smallest absolute Gasteiger partial charge is 0.336 e. The number of esters is 1. The summed E-state index contributed by atoms with van der Waals surface area (Å²) in [5, 5.41) is 0. The van der Waals surface area contributed by atoms with Crippen molar-refractivity contribution < 1.29 is 35.1 Å². The van der Waals surface area contributed by atoms with E-state index in [1.807, 2.05) is 0 Å². The van der Waals surface area contributed by atoms with Crippen LogP contribution in [0.1, 0.15) is 26.7 Å². The first-order chi connectivity index (χ1) is 8.57. The third-order valence-corrected chi connectivity index (χ3v) is 4.13. The van der Waals surface area contributed by atoms with Crippen molar-refractivity contribution in [3.8, 4) is 0 Å². The fraction of sp³-hybridized carbons (Fsp3) is 0.889. The SMILES string of the molecule is CCOC(=O)C(C)OS(=O)(=O)CCCCS(=O)(=O)O. The molecule has 0 bridgehead atoms. The van der Waals surface area contributed by atoms with Crippen LogP contribution in [0.15, 0.2) is 0 Å². The van der Waals surface area contributed by atoms with Crippen molar-refractivity contribution in [2.45, 2.75) is 32.8 Å². The van der Waals surface area contributed by atoms with Crippen molar-refractivity contribution in [1.29, 1.82) is 0 Å². The molecule has 114 valence electrons. The summed E-state index contributed by atoms with van der Waals surface area (Å²) < 4.78 is 61.3. The van der Waals surface area contributed by atoms with Crippen LogP contribution >= 0.6 is 0 Å². The molecule has 0 aromatic carbocycles. The molecule has 0 amide bonds. The van der Waals surface area contributed by atoms with E-state index in [9.17, 15) is 21.6 Å². The first-order valence-electron chi connectivity index (χ1n) is 5.60. The zero-order chi connectivity index (χ0) is 15.1. The van der Waals surface area contributed by atoms with Crippen LogP contribution in [0.25, 0.3) is 0 Å². The molecule has 0 rings (SSSR count). The Bertz CT molecular complexity index is 478. The van der Waals surface area contributed by atoms with Crippen molar-refractivity contribution >= 4 is 26.2 Å². The molecule has 0 aliphatic rings. The molecule has 0 aromatic heterocycles. The predicted molar refractivity (Wildman–Crippen MR) is 66.6 cm³/mol. The van der Waals surface area contributed by atoms with Crippen LogP contribution in [0.4, 0.5) is 0 Å². The van der Waals surface area contributed by atoms with Crippen LogP contribution in [0.3, 0.4) is 0 Å². The van der Waals surface area contributed by atoms with E-state index in [2.05, 4.69) is 8.92 Å². The lowest BCUT2D eigenvalue weighted by molar-refractivity contribution is -0.150. The van der Waals surface area contributed by atoms with Gasteiger partial charge in [0.25, 0.3) is 20.2 Å². The fourth-order valence-corrected chi connectivity index (χ4v) is 2.87. The van der Waals surface area contributed by atoms with Gasteiger partial charge >= 0.3 is 5.97 Å². The highest BCUT2D eigenvalue weighted by Gasteiger charge is 2.22. The van der Waals surface area contributed by atoms with E-state index in [0.717, 1.165) is 0 Å². The van der Waals surface area contributed by atoms with Gasteiger partial charge in [0, 0.05) is 0 Å². The summed E-state index contributed by atoms with van der Waals surface area (Å²) in [5.74, 6) is -1.74. The van der Waals surface area contributed by atoms with Gasteiger partial charge in [-0.05, 0) is 26.7 Å². The summed E-state index contributed by atoms with van der Waals surface area (Å²) in [6.45, 7) is 2.93. The monoisotopic (exact) mass is 318 g/mol. The number of unbranched alkanes of at least 4 members (excludes halogenated alkanes) is 1. The summed E-state index contributed by atoms with van der Waals surface area (Å²) in [4.78, 5) is 11.2. The number of carbonyl (C=O) groups excluding carboxylic acids is 1. The molecular formula is C9H18O8S2. The zero-order valence-electron chi connectivity index (χ0n) is 10.7. The molecule has 19 heavy (non-hydrogen) atoms. The standard InChI is InChI=1S/C9H18O8S2/c1-3-16-9(10)8(2)17-19(14,15)7-5-4-6-18(11,12)13/h8H,3-7H2,1-2H3,(H,11,12,13). The maximum Gasteiger partial charge on any atom is 0.336 e. The van der Waals surface area contributed by atoms with Crippen LogP contribution in [-0.2, 0) is 34.0 Å². The molecule has 0 fully saturated rings. The van der Waals surface area contributed by atoms with Gasteiger partial charge in [0.2, 0.25) is 0 Å². The Labute approximate surface area is 113 Å². The Morgan fingerprint density at radius 1 is 1.16 bits per heavy atom. The highest BCUT2D eigenvalue weighted by atomic mass is 32.2. The third-order valence-electron chi connectivity index (χ3n) is 1.96. The zero-order valence-corrected chi connectivity index (χ0v) is 12.4. The second-order valence-electron chi connectivity index (χ2n) is 3.75. The van der Waals surface area contributed by atoms with E-state index in [4.69, 9.17) is 4.55 Å². The van der Waals surface area contributed by atoms with Crippen LogP contribution in [0, 0.1) is 0 Å². The average Bonchev–Trinajstić information content (AvgIpc) is 2.23. The molecule has 0 spiro atoms. The van der Waals surface area contributed by atoms with Gasteiger partial charge in [0.1, 0.15) is 0 Å². The Morgan fingerprint density at radius 3 is 2.16 bits per heavy atom. The maximum atomic E-state index is 11.4. The lowest BCUT2D eigenvalue weighted by Crippen LogP contribution is -2.27. The van der Waals surface area contributed by atoms with Gasteiger partial charge in [-0.25, -0.2) is 4.79 Å². The second-order valence-corrected chi connectivity index (χ2v) is 7.03. The molecular weight excluding hydrogens is 300 g/mol. The Hall–Kier alpha value is -0.710. The van der Waals surface area contributed by atoms with Crippen molar-refractivity contribution in [3.05, 3.63) is 0 Å². The number of ether oxygens (including phenoxy) is 1. The molecule has 0 aliphatic carbocycles. The molecule has 0 aromatic rings. The van der Waals surface area contributed by atoms with Crippen LogP contribution < -0.4 is 0 Å². The summed E-state index contributed by atoms with van der Waals surface area (Å²) in [6, 6.07) is 0. The van der Waals surface area contributed by atoms with Gasteiger partial charge in [-0.15, -0.1) is 0 Å². The topological polar surface area (TPSA) is 124 Å². The minimum Gasteiger partial charge on any atom is -0.464 e. The van der Waals surface area contributed by atoms with E-state index >= 15 is 0 Å². The third kappa shape index (κ3) is 9.82. The van der Waals surface area contributed by atoms with Crippen molar-refractivity contribution in [2.75, 3.05) is 18.1 Å². The van der Waals surface area contributed by atoms with E-state index in [-0.39, 0.29) is 19.4 Å². The maximum absolute atomic E-state index is 11.4. The highest BCUT2D eigenvalue weighted by molar-refractivity contribution is 7.86. The Morgan fingerprint density at radius 2 is 1.68 bits per heavy atom. The van der Waals surface area contributed by atoms with Crippen LogP contribution in [0.2, 0.25) is 0 Å². The Kier molecular flexibility index (Phi) is 7.49. The van der Waals surface area contributed by atoms with Gasteiger partial charge in [0.05, 0.1) is 18.1 Å². The molecule has 1 unspecified atom stereocenters. The minimum atomic E-state index is -4.10. The first kappa shape index (κ1) is 18.3. The number of hydrogen-bond acceptors (Lipinski definition) is 7. The van der Waals surface area contributed by atoms with Crippen molar-refractivity contribution in [3.63, 3.8) is 0 Å². The molecule has 0 saturated heterocycles. The predicted octanol–water partition coefficient (Wildman–Crippen LogP) is -0.0476. The van der Waals surface area contributed by atoms with Gasteiger partial charge in [0.15, 0.2) is 6.10 Å². The average molecular weight is 318 g/mol. The molecule has 0 heterocycles. The van der Waals surface area contributed by atoms with Crippen molar-refractivity contribution in [2.24, 2.45) is 0 Å².